The van der Waals surface area contributed by atoms with Crippen LogP contribution in [0.4, 0.5) is 5.69 Å². The number of nitrogens with one attached hydrogen (secondary N) is 1. The molecule has 1 aromatic heterocycles. The number of hydrogen-bond acceptors (Lipinski definition) is 6. The lowest BCUT2D eigenvalue weighted by atomic mass is 10.1. The first-order valence-electron chi connectivity index (χ1n) is 8.10. The van der Waals surface area contributed by atoms with Gasteiger partial charge in [-0.05, 0) is 30.4 Å². The van der Waals surface area contributed by atoms with Gasteiger partial charge in [0.25, 0.3) is 11.8 Å². The summed E-state index contributed by atoms with van der Waals surface area (Å²) in [5, 5.41) is 14.4. The average Bonchev–Trinajstić information content (AvgIpc) is 2.96. The third-order valence-electron chi connectivity index (χ3n) is 4.32. The molecule has 1 saturated heterocycles. The summed E-state index contributed by atoms with van der Waals surface area (Å²) in [7, 11) is 3.05. The van der Waals surface area contributed by atoms with Crippen molar-refractivity contribution in [2.75, 3.05) is 13.7 Å². The zero-order chi connectivity index (χ0) is 20.6. The van der Waals surface area contributed by atoms with Crippen molar-refractivity contribution in [2.24, 2.45) is 7.05 Å². The topological polar surface area (TPSA) is 107 Å². The number of nitro groups is 1. The summed E-state index contributed by atoms with van der Waals surface area (Å²) in [6, 6.07) is 3.17. The standard InChI is InChI=1S/C18H16N4O5S/c1-4-7-21-17(24)11(16(23)19-18(21)28)8-10-9-20(2)12-5-6-13(27-3)15(14(10)12)22(25)26/h4-6,8-9H,1,7H2,2-3H3,(H,19,23,28)/b11-8+. The van der Waals surface area contributed by atoms with Gasteiger partial charge in [0.15, 0.2) is 10.9 Å². The Morgan fingerprint density at radius 3 is 2.71 bits per heavy atom. The number of methoxy groups -OCH3 is 1. The van der Waals surface area contributed by atoms with Gasteiger partial charge in [-0.2, -0.15) is 0 Å². The molecule has 0 radical (unpaired) electrons. The maximum Gasteiger partial charge on any atom is 0.320 e. The molecule has 0 unspecified atom stereocenters. The summed E-state index contributed by atoms with van der Waals surface area (Å²) in [5.74, 6) is -1.19. The number of rotatable bonds is 5. The molecule has 0 spiro atoms. The fraction of sp³-hybridized carbons (Fsp3) is 0.167. The zero-order valence-electron chi connectivity index (χ0n) is 15.1. The highest BCUT2D eigenvalue weighted by Gasteiger charge is 2.33. The number of aromatic nitrogens is 1. The number of fused-ring (bicyclic) bond motifs is 1. The molecule has 9 nitrogen and oxygen atoms in total. The van der Waals surface area contributed by atoms with Crippen LogP contribution >= 0.6 is 12.2 Å². The van der Waals surface area contributed by atoms with Crippen LogP contribution in [0, 0.1) is 10.1 Å². The Bertz CT molecular complexity index is 1090. The van der Waals surface area contributed by atoms with Crippen LogP contribution in [0.15, 0.2) is 36.6 Å². The van der Waals surface area contributed by atoms with Crippen LogP contribution in [-0.4, -0.2) is 45.0 Å². The number of thiocarbonyl (C=S) groups is 1. The van der Waals surface area contributed by atoms with Gasteiger partial charge >= 0.3 is 5.69 Å². The smallest absolute Gasteiger partial charge is 0.320 e. The Kier molecular flexibility index (Phi) is 4.97. The highest BCUT2D eigenvalue weighted by Crippen LogP contribution is 2.38. The first-order chi connectivity index (χ1) is 13.3. The molecular formula is C18H16N4O5S. The average molecular weight is 400 g/mol. The van der Waals surface area contributed by atoms with Gasteiger partial charge in [-0.15, -0.1) is 6.58 Å². The first kappa shape index (κ1) is 19.2. The molecule has 0 aliphatic carbocycles. The lowest BCUT2D eigenvalue weighted by Crippen LogP contribution is -2.53. The Labute approximate surface area is 165 Å². The molecule has 3 rings (SSSR count). The van der Waals surface area contributed by atoms with Crippen molar-refractivity contribution in [3.63, 3.8) is 0 Å². The van der Waals surface area contributed by atoms with Gasteiger partial charge in [0.1, 0.15) is 5.57 Å². The van der Waals surface area contributed by atoms with Crippen molar-refractivity contribution in [1.82, 2.24) is 14.8 Å². The number of ether oxygens (including phenoxy) is 1. The van der Waals surface area contributed by atoms with Gasteiger partial charge in [-0.1, -0.05) is 6.08 Å². The van der Waals surface area contributed by atoms with Crippen LogP contribution in [0.5, 0.6) is 5.75 Å². The van der Waals surface area contributed by atoms with E-state index in [1.165, 1.54) is 30.2 Å². The number of carbonyl (C=O) groups is 2. The molecule has 1 aliphatic rings. The van der Waals surface area contributed by atoms with E-state index in [4.69, 9.17) is 17.0 Å². The maximum absolute atomic E-state index is 12.7. The van der Waals surface area contributed by atoms with Gasteiger partial charge in [0, 0.05) is 25.4 Å². The molecule has 10 heteroatoms. The van der Waals surface area contributed by atoms with Gasteiger partial charge in [-0.3, -0.25) is 29.9 Å². The van der Waals surface area contributed by atoms with E-state index in [0.29, 0.717) is 11.1 Å². The summed E-state index contributed by atoms with van der Waals surface area (Å²) in [4.78, 5) is 37.4. The predicted octanol–water partition coefficient (Wildman–Crippen LogP) is 1.91. The fourth-order valence-electron chi connectivity index (χ4n) is 3.08. The Balaban J connectivity index is 2.25. The Morgan fingerprint density at radius 1 is 1.39 bits per heavy atom. The molecule has 144 valence electrons. The van der Waals surface area contributed by atoms with Crippen molar-refractivity contribution in [3.8, 4) is 5.75 Å². The van der Waals surface area contributed by atoms with E-state index in [1.54, 1.807) is 23.9 Å². The summed E-state index contributed by atoms with van der Waals surface area (Å²) >= 11 is 5.02. The molecule has 1 N–H and O–H groups in total. The number of carbonyl (C=O) groups excluding carboxylic acids is 2. The van der Waals surface area contributed by atoms with Crippen molar-refractivity contribution < 1.29 is 19.2 Å². The molecule has 1 fully saturated rings. The van der Waals surface area contributed by atoms with Gasteiger partial charge in [-0.25, -0.2) is 0 Å². The summed E-state index contributed by atoms with van der Waals surface area (Å²) in [6.45, 7) is 3.69. The SMILES string of the molecule is C=CCN1C(=O)/C(=C/c2cn(C)c3ccc(OC)c([N+](=O)[O-])c23)C(=O)NC1=S. The third kappa shape index (κ3) is 3.03. The van der Waals surface area contributed by atoms with Crippen LogP contribution < -0.4 is 10.1 Å². The largest absolute Gasteiger partial charge is 0.490 e. The normalized spacial score (nSPS) is 15.9. The third-order valence-corrected chi connectivity index (χ3v) is 4.64. The number of nitrogens with zero attached hydrogens (tertiary/aromatic N) is 3. The van der Waals surface area contributed by atoms with E-state index in [9.17, 15) is 19.7 Å². The molecule has 0 bridgehead atoms. The maximum atomic E-state index is 12.7. The fourth-order valence-corrected chi connectivity index (χ4v) is 3.33. The molecule has 2 aromatic rings. The van der Waals surface area contributed by atoms with Crippen LogP contribution in [0.1, 0.15) is 5.56 Å². The molecule has 1 aromatic carbocycles. The number of aryl methyl sites for hydroxylation is 1. The van der Waals surface area contributed by atoms with Crippen LogP contribution in [0.3, 0.4) is 0 Å². The minimum absolute atomic E-state index is 0.0161. The summed E-state index contributed by atoms with van der Waals surface area (Å²) < 4.78 is 6.79. The second kappa shape index (κ2) is 7.24. The second-order valence-corrected chi connectivity index (χ2v) is 6.37. The van der Waals surface area contributed by atoms with E-state index in [0.717, 1.165) is 0 Å². The number of hydrogen-bond donors (Lipinski definition) is 1. The van der Waals surface area contributed by atoms with Crippen molar-refractivity contribution in [1.29, 1.82) is 0 Å². The molecule has 2 amide bonds. The monoisotopic (exact) mass is 400 g/mol. The molecule has 0 atom stereocenters. The Morgan fingerprint density at radius 2 is 2.11 bits per heavy atom. The van der Waals surface area contributed by atoms with Gasteiger partial charge in [0.2, 0.25) is 0 Å². The first-order valence-corrected chi connectivity index (χ1v) is 8.51. The lowest BCUT2D eigenvalue weighted by Gasteiger charge is -2.27. The summed E-state index contributed by atoms with van der Waals surface area (Å²) in [5.41, 5.74) is 0.476. The highest BCUT2D eigenvalue weighted by atomic mass is 32.1. The Hall–Kier alpha value is -3.53. The van der Waals surface area contributed by atoms with Crippen LogP contribution in [-0.2, 0) is 16.6 Å². The van der Waals surface area contributed by atoms with E-state index in [2.05, 4.69) is 11.9 Å². The van der Waals surface area contributed by atoms with Crippen molar-refractivity contribution in [3.05, 3.63) is 52.2 Å². The quantitative estimate of drug-likeness (QED) is 0.205. The molecule has 28 heavy (non-hydrogen) atoms. The van der Waals surface area contributed by atoms with Crippen molar-refractivity contribution >= 4 is 51.8 Å². The van der Waals surface area contributed by atoms with E-state index in [1.807, 2.05) is 0 Å². The van der Waals surface area contributed by atoms with Crippen molar-refractivity contribution in [2.45, 2.75) is 0 Å². The summed E-state index contributed by atoms with van der Waals surface area (Å²) in [6.07, 6.45) is 4.41. The second-order valence-electron chi connectivity index (χ2n) is 5.98. The number of nitro benzene ring substituents is 1. The molecule has 2 heterocycles. The van der Waals surface area contributed by atoms with E-state index in [-0.39, 0.29) is 34.1 Å². The van der Waals surface area contributed by atoms with Crippen LogP contribution in [0.25, 0.3) is 17.0 Å². The number of amides is 2. The minimum Gasteiger partial charge on any atom is -0.490 e. The van der Waals surface area contributed by atoms with Gasteiger partial charge < -0.3 is 9.30 Å². The lowest BCUT2D eigenvalue weighted by molar-refractivity contribution is -0.383. The molecule has 1 aliphatic heterocycles. The minimum atomic E-state index is -0.669. The van der Waals surface area contributed by atoms with Crippen LogP contribution in [0.2, 0.25) is 0 Å². The molecule has 0 saturated carbocycles. The highest BCUT2D eigenvalue weighted by molar-refractivity contribution is 7.80. The van der Waals surface area contributed by atoms with E-state index >= 15 is 0 Å². The predicted molar refractivity (Wildman–Crippen MR) is 107 cm³/mol. The molecular weight excluding hydrogens is 384 g/mol. The van der Waals surface area contributed by atoms with E-state index < -0.39 is 16.7 Å². The number of benzene rings is 1. The zero-order valence-corrected chi connectivity index (χ0v) is 15.9. The van der Waals surface area contributed by atoms with Gasteiger partial charge in [0.05, 0.1) is 22.9 Å².